The Labute approximate surface area is 151 Å². The zero-order chi connectivity index (χ0) is 18.1. The van der Waals surface area contributed by atoms with E-state index in [1.54, 1.807) is 0 Å². The van der Waals surface area contributed by atoms with Crippen molar-refractivity contribution in [1.29, 1.82) is 0 Å². The Hall–Kier alpha value is -1.88. The number of benzene rings is 2. The first kappa shape index (κ1) is 19.4. The molecule has 0 bridgehead atoms. The average Bonchev–Trinajstić information content (AvgIpc) is 2.57. The molecule has 0 radical (unpaired) electrons. The number of ether oxygens (including phenoxy) is 1. The van der Waals surface area contributed by atoms with Crippen LogP contribution in [-0.4, -0.2) is 61.3 Å². The predicted octanol–water partition coefficient (Wildman–Crippen LogP) is 2.80. The van der Waals surface area contributed by atoms with Gasteiger partial charge < -0.3 is 14.7 Å². The number of nitrogens with zero attached hydrogens (tertiary/aromatic N) is 2. The van der Waals surface area contributed by atoms with Gasteiger partial charge in [0.1, 0.15) is 12.4 Å². The molecule has 4 nitrogen and oxygen atoms in total. The topological polar surface area (TPSA) is 35.9 Å². The van der Waals surface area contributed by atoms with Crippen molar-refractivity contribution in [3.63, 3.8) is 0 Å². The van der Waals surface area contributed by atoms with E-state index < -0.39 is 0 Å². The van der Waals surface area contributed by atoms with Crippen molar-refractivity contribution >= 4 is 0 Å². The van der Waals surface area contributed by atoms with Crippen molar-refractivity contribution in [1.82, 2.24) is 9.80 Å². The van der Waals surface area contributed by atoms with Gasteiger partial charge in [0, 0.05) is 26.2 Å². The minimum atomic E-state index is -0.377. The molecule has 2 rings (SSSR count). The highest BCUT2D eigenvalue weighted by molar-refractivity contribution is 5.26. The molecule has 0 aliphatic heterocycles. The Bertz CT molecular complexity index is 601. The molecule has 4 heteroatoms. The molecule has 0 fully saturated rings. The third kappa shape index (κ3) is 7.69. The second-order valence-electron chi connectivity index (χ2n) is 6.76. The van der Waals surface area contributed by atoms with E-state index in [1.165, 1.54) is 11.1 Å². The molecule has 0 aromatic heterocycles. The molecule has 0 aliphatic rings. The Morgan fingerprint density at radius 2 is 1.56 bits per heavy atom. The largest absolute Gasteiger partial charge is 0.492 e. The standard InChI is InChI=1S/C21H30N2O2/c1-18-9-11-21(12-10-18)25-14-13-22(2)16-20(24)17-23(3)15-19-7-5-4-6-8-19/h4-12,20,24H,13-17H2,1-3H3. The lowest BCUT2D eigenvalue weighted by Crippen LogP contribution is -2.38. The van der Waals surface area contributed by atoms with Crippen molar-refractivity contribution in [3.8, 4) is 5.75 Å². The van der Waals surface area contributed by atoms with Crippen LogP contribution in [0.3, 0.4) is 0 Å². The van der Waals surface area contributed by atoms with Crippen LogP contribution in [0.4, 0.5) is 0 Å². The van der Waals surface area contributed by atoms with E-state index in [1.807, 2.05) is 56.6 Å². The summed E-state index contributed by atoms with van der Waals surface area (Å²) in [6.45, 7) is 5.60. The summed E-state index contributed by atoms with van der Waals surface area (Å²) in [5.41, 5.74) is 2.49. The van der Waals surface area contributed by atoms with Gasteiger partial charge in [-0.2, -0.15) is 0 Å². The third-order valence-electron chi connectivity index (χ3n) is 4.10. The van der Waals surface area contributed by atoms with Crippen LogP contribution < -0.4 is 4.74 Å². The van der Waals surface area contributed by atoms with Crippen molar-refractivity contribution in [3.05, 3.63) is 65.7 Å². The number of aliphatic hydroxyl groups excluding tert-OH is 1. The lowest BCUT2D eigenvalue weighted by atomic mass is 10.2. The second-order valence-corrected chi connectivity index (χ2v) is 6.76. The van der Waals surface area contributed by atoms with Crippen LogP contribution in [0.5, 0.6) is 5.75 Å². The zero-order valence-electron chi connectivity index (χ0n) is 15.6. The summed E-state index contributed by atoms with van der Waals surface area (Å²) in [5, 5.41) is 10.3. The monoisotopic (exact) mass is 342 g/mol. The number of aliphatic hydroxyl groups is 1. The average molecular weight is 342 g/mol. The molecule has 25 heavy (non-hydrogen) atoms. The normalized spacial score (nSPS) is 12.6. The van der Waals surface area contributed by atoms with Crippen molar-refractivity contribution in [2.24, 2.45) is 0 Å². The maximum atomic E-state index is 10.3. The predicted molar refractivity (Wildman–Crippen MR) is 103 cm³/mol. The SMILES string of the molecule is Cc1ccc(OCCN(C)CC(O)CN(C)Cc2ccccc2)cc1. The van der Waals surface area contributed by atoms with Gasteiger partial charge in [-0.15, -0.1) is 0 Å². The van der Waals surface area contributed by atoms with E-state index >= 15 is 0 Å². The first-order valence-corrected chi connectivity index (χ1v) is 8.81. The maximum Gasteiger partial charge on any atom is 0.119 e. The number of rotatable bonds is 10. The van der Waals surface area contributed by atoms with E-state index in [2.05, 4.69) is 28.9 Å². The van der Waals surface area contributed by atoms with Crippen LogP contribution in [0.25, 0.3) is 0 Å². The van der Waals surface area contributed by atoms with Crippen molar-refractivity contribution in [2.45, 2.75) is 19.6 Å². The van der Waals surface area contributed by atoms with Crippen molar-refractivity contribution < 1.29 is 9.84 Å². The van der Waals surface area contributed by atoms with Crippen LogP contribution in [-0.2, 0) is 6.54 Å². The number of hydrogen-bond acceptors (Lipinski definition) is 4. The van der Waals surface area contributed by atoms with Crippen LogP contribution >= 0.6 is 0 Å². The van der Waals surface area contributed by atoms with Gasteiger partial charge in [0.2, 0.25) is 0 Å². The molecule has 0 spiro atoms. The van der Waals surface area contributed by atoms with Gasteiger partial charge in [-0.1, -0.05) is 48.0 Å². The first-order chi connectivity index (χ1) is 12.0. The summed E-state index contributed by atoms with van der Waals surface area (Å²) in [6.07, 6.45) is -0.377. The van der Waals surface area contributed by atoms with Crippen LogP contribution in [0, 0.1) is 6.92 Å². The summed E-state index contributed by atoms with van der Waals surface area (Å²) in [7, 11) is 4.05. The molecule has 0 amide bonds. The molecule has 1 N–H and O–H groups in total. The fourth-order valence-electron chi connectivity index (χ4n) is 2.78. The van der Waals surface area contributed by atoms with Gasteiger partial charge in [-0.05, 0) is 38.7 Å². The molecule has 0 aliphatic carbocycles. The number of hydrogen-bond donors (Lipinski definition) is 1. The summed E-state index contributed by atoms with van der Waals surface area (Å²) in [6, 6.07) is 18.4. The summed E-state index contributed by atoms with van der Waals surface area (Å²) in [5.74, 6) is 0.891. The molecule has 2 aromatic rings. The Kier molecular flexibility index (Phi) is 7.92. The van der Waals surface area contributed by atoms with E-state index in [0.29, 0.717) is 19.7 Å². The highest BCUT2D eigenvalue weighted by Crippen LogP contribution is 2.11. The molecule has 1 unspecified atom stereocenters. The molecule has 0 saturated carbocycles. The Balaban J connectivity index is 1.63. The summed E-state index contributed by atoms with van der Waals surface area (Å²) >= 11 is 0. The van der Waals surface area contributed by atoms with Gasteiger partial charge in [0.05, 0.1) is 6.10 Å². The molecule has 0 saturated heterocycles. The fourth-order valence-corrected chi connectivity index (χ4v) is 2.78. The van der Waals surface area contributed by atoms with Gasteiger partial charge in [0.25, 0.3) is 0 Å². The molecule has 1 atom stereocenters. The van der Waals surface area contributed by atoms with Crippen LogP contribution in [0.15, 0.2) is 54.6 Å². The van der Waals surface area contributed by atoms with Gasteiger partial charge in [-0.3, -0.25) is 4.90 Å². The molecule has 2 aromatic carbocycles. The van der Waals surface area contributed by atoms with Crippen LogP contribution in [0.2, 0.25) is 0 Å². The fraction of sp³-hybridized carbons (Fsp3) is 0.429. The van der Waals surface area contributed by atoms with E-state index in [9.17, 15) is 5.11 Å². The highest BCUT2D eigenvalue weighted by Gasteiger charge is 2.11. The quantitative estimate of drug-likeness (QED) is 0.720. The summed E-state index contributed by atoms with van der Waals surface area (Å²) < 4.78 is 5.74. The number of aryl methyl sites for hydroxylation is 1. The van der Waals surface area contributed by atoms with Gasteiger partial charge in [0.15, 0.2) is 0 Å². The van der Waals surface area contributed by atoms with Crippen molar-refractivity contribution in [2.75, 3.05) is 40.3 Å². The Morgan fingerprint density at radius 1 is 0.920 bits per heavy atom. The van der Waals surface area contributed by atoms with Gasteiger partial charge in [-0.25, -0.2) is 0 Å². The third-order valence-corrected chi connectivity index (χ3v) is 4.10. The molecule has 136 valence electrons. The van der Waals surface area contributed by atoms with E-state index in [-0.39, 0.29) is 6.10 Å². The molecular weight excluding hydrogens is 312 g/mol. The minimum Gasteiger partial charge on any atom is -0.492 e. The van der Waals surface area contributed by atoms with Gasteiger partial charge >= 0.3 is 0 Å². The maximum absolute atomic E-state index is 10.3. The minimum absolute atomic E-state index is 0.377. The summed E-state index contributed by atoms with van der Waals surface area (Å²) in [4.78, 5) is 4.26. The van der Waals surface area contributed by atoms with Crippen LogP contribution in [0.1, 0.15) is 11.1 Å². The molecule has 0 heterocycles. The smallest absolute Gasteiger partial charge is 0.119 e. The second kappa shape index (κ2) is 10.2. The lowest BCUT2D eigenvalue weighted by Gasteiger charge is -2.24. The number of likely N-dealkylation sites (N-methyl/N-ethyl adjacent to an activating group) is 2. The van der Waals surface area contributed by atoms with E-state index in [0.717, 1.165) is 18.8 Å². The Morgan fingerprint density at radius 3 is 2.24 bits per heavy atom. The first-order valence-electron chi connectivity index (χ1n) is 8.81. The van der Waals surface area contributed by atoms with E-state index in [4.69, 9.17) is 4.74 Å². The lowest BCUT2D eigenvalue weighted by molar-refractivity contribution is 0.0841. The molecular formula is C21H30N2O2. The zero-order valence-corrected chi connectivity index (χ0v) is 15.6. The highest BCUT2D eigenvalue weighted by atomic mass is 16.5.